The Bertz CT molecular complexity index is 228. The molecule has 0 aromatic carbocycles. The van der Waals surface area contributed by atoms with Gasteiger partial charge >= 0.3 is 0 Å². The van der Waals surface area contributed by atoms with Crippen molar-refractivity contribution in [1.82, 2.24) is 0 Å². The zero-order valence-corrected chi connectivity index (χ0v) is 6.64. The van der Waals surface area contributed by atoms with E-state index in [4.69, 9.17) is 5.11 Å². The first kappa shape index (κ1) is 7.04. The highest BCUT2D eigenvalue weighted by Gasteiger charge is 2.20. The van der Waals surface area contributed by atoms with Gasteiger partial charge in [-0.15, -0.1) is 0 Å². The number of aliphatic hydroxyl groups is 1. The molecular weight excluding hydrogens is 138 g/mol. The van der Waals surface area contributed by atoms with Crippen LogP contribution in [-0.2, 0) is 0 Å². The van der Waals surface area contributed by atoms with Crippen LogP contribution in [0.25, 0.3) is 0 Å². The summed E-state index contributed by atoms with van der Waals surface area (Å²) in [6.07, 6.45) is 4.95. The van der Waals surface area contributed by atoms with Gasteiger partial charge in [-0.2, -0.15) is 0 Å². The molecule has 1 aliphatic carbocycles. The standard InChI is InChI=1S/C9H13NO/c11-6-9-8-4-2-1-3-7(8)5-10-9/h11H,1-6H2. The minimum absolute atomic E-state index is 0.138. The van der Waals surface area contributed by atoms with Crippen LogP contribution in [0.1, 0.15) is 25.7 Å². The van der Waals surface area contributed by atoms with Gasteiger partial charge in [0, 0.05) is 0 Å². The van der Waals surface area contributed by atoms with Gasteiger partial charge in [0.2, 0.25) is 0 Å². The molecule has 0 aromatic rings. The molecule has 2 aliphatic rings. The minimum atomic E-state index is 0.138. The summed E-state index contributed by atoms with van der Waals surface area (Å²) in [5.41, 5.74) is 3.82. The van der Waals surface area contributed by atoms with Crippen LogP contribution in [0.2, 0.25) is 0 Å². The van der Waals surface area contributed by atoms with Crippen LogP contribution < -0.4 is 0 Å². The highest BCUT2D eigenvalue weighted by molar-refractivity contribution is 6.03. The topological polar surface area (TPSA) is 32.6 Å². The van der Waals surface area contributed by atoms with E-state index < -0.39 is 0 Å². The molecule has 0 saturated carbocycles. The van der Waals surface area contributed by atoms with Gasteiger partial charge in [0.1, 0.15) is 0 Å². The van der Waals surface area contributed by atoms with Crippen molar-refractivity contribution in [3.8, 4) is 0 Å². The Morgan fingerprint density at radius 3 is 2.91 bits per heavy atom. The molecule has 2 heteroatoms. The summed E-state index contributed by atoms with van der Waals surface area (Å²) in [5, 5.41) is 8.94. The molecule has 1 N–H and O–H groups in total. The average Bonchev–Trinajstić information content (AvgIpc) is 2.47. The molecular formula is C9H13NO. The highest BCUT2D eigenvalue weighted by Crippen LogP contribution is 2.29. The normalized spacial score (nSPS) is 23.5. The predicted octanol–water partition coefficient (Wildman–Crippen LogP) is 1.30. The van der Waals surface area contributed by atoms with Gasteiger partial charge in [-0.3, -0.25) is 4.99 Å². The second kappa shape index (κ2) is 2.78. The van der Waals surface area contributed by atoms with Crippen molar-refractivity contribution in [3.63, 3.8) is 0 Å². The lowest BCUT2D eigenvalue weighted by Gasteiger charge is -2.13. The van der Waals surface area contributed by atoms with Gasteiger partial charge in [-0.25, -0.2) is 0 Å². The molecule has 1 heterocycles. The summed E-state index contributed by atoms with van der Waals surface area (Å²) in [6.45, 7) is 1.00. The Morgan fingerprint density at radius 1 is 1.27 bits per heavy atom. The predicted molar refractivity (Wildman–Crippen MR) is 44.9 cm³/mol. The van der Waals surface area contributed by atoms with Crippen molar-refractivity contribution in [1.29, 1.82) is 0 Å². The average molecular weight is 151 g/mol. The zero-order valence-electron chi connectivity index (χ0n) is 6.64. The van der Waals surface area contributed by atoms with Gasteiger partial charge in [-0.05, 0) is 36.8 Å². The summed E-state index contributed by atoms with van der Waals surface area (Å²) in [4.78, 5) is 4.29. The van der Waals surface area contributed by atoms with Crippen LogP contribution in [0.3, 0.4) is 0 Å². The van der Waals surface area contributed by atoms with Gasteiger partial charge < -0.3 is 5.11 Å². The molecule has 11 heavy (non-hydrogen) atoms. The van der Waals surface area contributed by atoms with Gasteiger partial charge in [-0.1, -0.05) is 0 Å². The van der Waals surface area contributed by atoms with E-state index in [0.717, 1.165) is 18.7 Å². The molecule has 2 nitrogen and oxygen atoms in total. The fraction of sp³-hybridized carbons (Fsp3) is 0.667. The quantitative estimate of drug-likeness (QED) is 0.602. The Kier molecular flexibility index (Phi) is 1.78. The molecule has 0 unspecified atom stereocenters. The first-order chi connectivity index (χ1) is 5.42. The smallest absolute Gasteiger partial charge is 0.0851 e. The van der Waals surface area contributed by atoms with Crippen molar-refractivity contribution in [3.05, 3.63) is 11.1 Å². The van der Waals surface area contributed by atoms with Crippen LogP contribution >= 0.6 is 0 Å². The van der Waals surface area contributed by atoms with Crippen LogP contribution in [-0.4, -0.2) is 24.0 Å². The number of hydrogen-bond acceptors (Lipinski definition) is 2. The van der Waals surface area contributed by atoms with Gasteiger partial charge in [0.15, 0.2) is 0 Å². The summed E-state index contributed by atoms with van der Waals surface area (Å²) in [5.74, 6) is 0. The van der Waals surface area contributed by atoms with E-state index in [9.17, 15) is 0 Å². The van der Waals surface area contributed by atoms with Crippen molar-refractivity contribution in [2.45, 2.75) is 25.7 Å². The molecule has 0 amide bonds. The van der Waals surface area contributed by atoms with Crippen molar-refractivity contribution in [2.75, 3.05) is 13.2 Å². The van der Waals surface area contributed by atoms with Crippen molar-refractivity contribution < 1.29 is 5.11 Å². The molecule has 0 radical (unpaired) electrons. The second-order valence-electron chi connectivity index (χ2n) is 3.21. The van der Waals surface area contributed by atoms with Crippen molar-refractivity contribution in [2.24, 2.45) is 4.99 Å². The SMILES string of the molecule is OCC1=NCC2=C1CCCC2. The number of aliphatic hydroxyl groups excluding tert-OH is 1. The third-order valence-electron chi connectivity index (χ3n) is 2.54. The largest absolute Gasteiger partial charge is 0.390 e. The molecule has 60 valence electrons. The third kappa shape index (κ3) is 1.11. The molecule has 0 atom stereocenters. The maximum Gasteiger partial charge on any atom is 0.0851 e. The van der Waals surface area contributed by atoms with Crippen LogP contribution in [0.4, 0.5) is 0 Å². The minimum Gasteiger partial charge on any atom is -0.390 e. The monoisotopic (exact) mass is 151 g/mol. The molecule has 0 spiro atoms. The first-order valence-electron chi connectivity index (χ1n) is 4.27. The fourth-order valence-corrected chi connectivity index (χ4v) is 1.92. The van der Waals surface area contributed by atoms with Crippen LogP contribution in [0, 0.1) is 0 Å². The Morgan fingerprint density at radius 2 is 2.09 bits per heavy atom. The van der Waals surface area contributed by atoms with Crippen LogP contribution in [0.5, 0.6) is 0 Å². The maximum atomic E-state index is 8.94. The first-order valence-corrected chi connectivity index (χ1v) is 4.27. The lowest BCUT2D eigenvalue weighted by atomic mass is 9.91. The molecule has 1 aliphatic heterocycles. The number of rotatable bonds is 1. The van der Waals surface area contributed by atoms with Crippen LogP contribution in [0.15, 0.2) is 16.1 Å². The van der Waals surface area contributed by atoms with E-state index in [1.165, 1.54) is 30.4 Å². The summed E-state index contributed by atoms with van der Waals surface area (Å²) >= 11 is 0. The zero-order chi connectivity index (χ0) is 7.68. The maximum absolute atomic E-state index is 8.94. The van der Waals surface area contributed by atoms with Gasteiger partial charge in [0.25, 0.3) is 0 Å². The Labute approximate surface area is 66.6 Å². The van der Waals surface area contributed by atoms with E-state index in [1.54, 1.807) is 0 Å². The summed E-state index contributed by atoms with van der Waals surface area (Å²) < 4.78 is 0. The molecule has 0 aromatic heterocycles. The Hall–Kier alpha value is -0.630. The van der Waals surface area contributed by atoms with E-state index in [0.29, 0.717) is 0 Å². The number of hydrogen-bond donors (Lipinski definition) is 1. The number of nitrogens with zero attached hydrogens (tertiary/aromatic N) is 1. The molecule has 0 fully saturated rings. The number of aliphatic imine (C=N–C) groups is 1. The lowest BCUT2D eigenvalue weighted by molar-refractivity contribution is 0.357. The Balaban J connectivity index is 2.22. The molecule has 0 saturated heterocycles. The highest BCUT2D eigenvalue weighted by atomic mass is 16.3. The third-order valence-corrected chi connectivity index (χ3v) is 2.54. The fourth-order valence-electron chi connectivity index (χ4n) is 1.92. The van der Waals surface area contributed by atoms with Gasteiger partial charge in [0.05, 0.1) is 18.9 Å². The molecule has 0 bridgehead atoms. The molecule has 2 rings (SSSR count). The van der Waals surface area contributed by atoms with E-state index in [2.05, 4.69) is 4.99 Å². The lowest BCUT2D eigenvalue weighted by Crippen LogP contribution is -2.08. The second-order valence-corrected chi connectivity index (χ2v) is 3.21. The van der Waals surface area contributed by atoms with E-state index in [-0.39, 0.29) is 6.61 Å². The summed E-state index contributed by atoms with van der Waals surface area (Å²) in [7, 11) is 0. The summed E-state index contributed by atoms with van der Waals surface area (Å²) in [6, 6.07) is 0. The van der Waals surface area contributed by atoms with E-state index >= 15 is 0 Å². The van der Waals surface area contributed by atoms with E-state index in [1.807, 2.05) is 0 Å². The van der Waals surface area contributed by atoms with Crippen molar-refractivity contribution >= 4 is 5.71 Å².